The van der Waals surface area contributed by atoms with Crippen LogP contribution in [0, 0.1) is 0 Å². The van der Waals surface area contributed by atoms with Gasteiger partial charge in [0.15, 0.2) is 21.2 Å². The van der Waals surface area contributed by atoms with Crippen LogP contribution in [0.3, 0.4) is 0 Å². The van der Waals surface area contributed by atoms with Crippen LogP contribution < -0.4 is 0 Å². The van der Waals surface area contributed by atoms with Crippen LogP contribution in [0.4, 0.5) is 13.2 Å². The molecule has 160 valence electrons. The normalized spacial score (nSPS) is 12.4. The van der Waals surface area contributed by atoms with E-state index in [1.54, 1.807) is 30.3 Å². The first-order valence-corrected chi connectivity index (χ1v) is 11.1. The Morgan fingerprint density at radius 3 is 2.48 bits per heavy atom. The predicted molar refractivity (Wildman–Crippen MR) is 109 cm³/mol. The highest BCUT2D eigenvalue weighted by atomic mass is 35.5. The fourth-order valence-electron chi connectivity index (χ4n) is 2.99. The van der Waals surface area contributed by atoms with Crippen molar-refractivity contribution in [2.24, 2.45) is 0 Å². The maximum Gasteiger partial charge on any atom is 0.435 e. The number of benzene rings is 1. The van der Waals surface area contributed by atoms with Crippen molar-refractivity contribution in [1.29, 1.82) is 0 Å². The molecular formula is C20H14ClF3N4O2S. The average Bonchev–Trinajstić information content (AvgIpc) is 3.17. The van der Waals surface area contributed by atoms with Crippen molar-refractivity contribution in [2.45, 2.75) is 18.0 Å². The lowest BCUT2D eigenvalue weighted by atomic mass is 10.1. The number of hydrogen-bond acceptors (Lipinski definition) is 5. The van der Waals surface area contributed by atoms with Gasteiger partial charge in [-0.05, 0) is 30.3 Å². The zero-order valence-corrected chi connectivity index (χ0v) is 17.5. The number of nitrogens with zero attached hydrogens (tertiary/aromatic N) is 4. The van der Waals surface area contributed by atoms with Gasteiger partial charge in [0.2, 0.25) is 0 Å². The highest BCUT2D eigenvalue weighted by Crippen LogP contribution is 2.32. The van der Waals surface area contributed by atoms with Crippen molar-refractivity contribution in [3.05, 3.63) is 65.4 Å². The summed E-state index contributed by atoms with van der Waals surface area (Å²) in [6.45, 7) is 1.49. The molecule has 31 heavy (non-hydrogen) atoms. The SMILES string of the molecule is CCS(=O)(=O)c1ccc(-c2cccc(Cl)c2)nc1-c1ccn2nc(C(F)(F)F)cc2n1. The molecule has 0 amide bonds. The Bertz CT molecular complexity index is 1400. The van der Waals surface area contributed by atoms with Gasteiger partial charge in [-0.1, -0.05) is 30.7 Å². The first-order valence-electron chi connectivity index (χ1n) is 9.02. The van der Waals surface area contributed by atoms with Crippen LogP contribution >= 0.6 is 11.6 Å². The van der Waals surface area contributed by atoms with E-state index in [-0.39, 0.29) is 27.7 Å². The highest BCUT2D eigenvalue weighted by Gasteiger charge is 2.34. The molecular weight excluding hydrogens is 453 g/mol. The number of sulfone groups is 1. The van der Waals surface area contributed by atoms with Gasteiger partial charge in [0.1, 0.15) is 5.69 Å². The maximum absolute atomic E-state index is 13.0. The second kappa shape index (κ2) is 7.61. The van der Waals surface area contributed by atoms with Crippen molar-refractivity contribution in [2.75, 3.05) is 5.75 Å². The summed E-state index contributed by atoms with van der Waals surface area (Å²) in [4.78, 5) is 8.60. The molecule has 0 saturated carbocycles. The largest absolute Gasteiger partial charge is 0.435 e. The third-order valence-corrected chi connectivity index (χ3v) is 6.55. The minimum Gasteiger partial charge on any atom is -0.245 e. The molecule has 1 aromatic carbocycles. The third kappa shape index (κ3) is 4.13. The minimum atomic E-state index is -4.63. The predicted octanol–water partition coefficient (Wildman–Crippen LogP) is 4.92. The van der Waals surface area contributed by atoms with Gasteiger partial charge in [-0.2, -0.15) is 18.3 Å². The number of alkyl halides is 3. The van der Waals surface area contributed by atoms with E-state index in [9.17, 15) is 21.6 Å². The average molecular weight is 467 g/mol. The Morgan fingerprint density at radius 2 is 1.81 bits per heavy atom. The van der Waals surface area contributed by atoms with Crippen LogP contribution in [0.2, 0.25) is 5.02 Å². The molecule has 0 atom stereocenters. The standard InChI is InChI=1S/C20H14ClF3N4O2S/c1-2-31(29,30)16-7-6-14(12-4-3-5-13(21)10-12)26-19(16)15-8-9-28-18(25-15)11-17(27-28)20(22,23)24/h3-11H,2H2,1H3. The lowest BCUT2D eigenvalue weighted by molar-refractivity contribution is -0.141. The highest BCUT2D eigenvalue weighted by molar-refractivity contribution is 7.91. The fraction of sp³-hybridized carbons (Fsp3) is 0.150. The van der Waals surface area contributed by atoms with Crippen LogP contribution in [0.1, 0.15) is 12.6 Å². The number of aromatic nitrogens is 4. The van der Waals surface area contributed by atoms with Crippen molar-refractivity contribution < 1.29 is 21.6 Å². The first-order chi connectivity index (χ1) is 14.6. The lowest BCUT2D eigenvalue weighted by Gasteiger charge is -2.11. The number of halogens is 4. The molecule has 0 aliphatic heterocycles. The zero-order valence-electron chi connectivity index (χ0n) is 15.9. The molecule has 6 nitrogen and oxygen atoms in total. The molecule has 0 N–H and O–H groups in total. The molecule has 4 aromatic rings. The maximum atomic E-state index is 13.0. The van der Waals surface area contributed by atoms with Gasteiger partial charge in [-0.25, -0.2) is 22.9 Å². The molecule has 11 heteroatoms. The van der Waals surface area contributed by atoms with Gasteiger partial charge >= 0.3 is 6.18 Å². The molecule has 0 radical (unpaired) electrons. The molecule has 0 saturated heterocycles. The molecule has 4 rings (SSSR count). The van der Waals surface area contributed by atoms with Crippen LogP contribution in [-0.2, 0) is 16.0 Å². The number of fused-ring (bicyclic) bond motifs is 1. The van der Waals surface area contributed by atoms with E-state index in [2.05, 4.69) is 15.1 Å². The van der Waals surface area contributed by atoms with Crippen LogP contribution in [-0.4, -0.2) is 33.8 Å². The summed E-state index contributed by atoms with van der Waals surface area (Å²) in [5.74, 6) is -0.175. The van der Waals surface area contributed by atoms with Crippen LogP contribution in [0.25, 0.3) is 28.3 Å². The van der Waals surface area contributed by atoms with E-state index in [1.165, 1.54) is 25.3 Å². The Hall–Kier alpha value is -2.98. The Morgan fingerprint density at radius 1 is 1.03 bits per heavy atom. The Kier molecular flexibility index (Phi) is 5.22. The van der Waals surface area contributed by atoms with E-state index in [1.807, 2.05) is 0 Å². The number of pyridine rings is 1. The molecule has 3 heterocycles. The van der Waals surface area contributed by atoms with Gasteiger partial charge < -0.3 is 0 Å². The summed E-state index contributed by atoms with van der Waals surface area (Å²) >= 11 is 6.04. The monoisotopic (exact) mass is 466 g/mol. The van der Waals surface area contributed by atoms with E-state index in [0.717, 1.165) is 10.6 Å². The summed E-state index contributed by atoms with van der Waals surface area (Å²) < 4.78 is 65.2. The Balaban J connectivity index is 1.93. The molecule has 0 fully saturated rings. The second-order valence-corrected chi connectivity index (χ2v) is 9.28. The van der Waals surface area contributed by atoms with Gasteiger partial charge in [0.25, 0.3) is 0 Å². The van der Waals surface area contributed by atoms with Crippen LogP contribution in [0.5, 0.6) is 0 Å². The van der Waals surface area contributed by atoms with E-state index in [4.69, 9.17) is 11.6 Å². The van der Waals surface area contributed by atoms with E-state index >= 15 is 0 Å². The van der Waals surface area contributed by atoms with Gasteiger partial charge in [0.05, 0.1) is 22.0 Å². The third-order valence-electron chi connectivity index (χ3n) is 4.55. The molecule has 0 aliphatic rings. The minimum absolute atomic E-state index is 0.0385. The van der Waals surface area contributed by atoms with E-state index < -0.39 is 21.7 Å². The molecule has 0 unspecified atom stereocenters. The first kappa shape index (κ1) is 21.3. The number of rotatable bonds is 4. The van der Waals surface area contributed by atoms with Crippen molar-refractivity contribution >= 4 is 27.1 Å². The van der Waals surface area contributed by atoms with Gasteiger partial charge in [0, 0.05) is 22.8 Å². The lowest BCUT2D eigenvalue weighted by Crippen LogP contribution is -2.08. The van der Waals surface area contributed by atoms with Crippen molar-refractivity contribution in [3.8, 4) is 22.6 Å². The second-order valence-electron chi connectivity index (χ2n) is 6.60. The van der Waals surface area contributed by atoms with Gasteiger partial charge in [-0.15, -0.1) is 0 Å². The summed E-state index contributed by atoms with van der Waals surface area (Å²) in [6, 6.07) is 12.0. The summed E-state index contributed by atoms with van der Waals surface area (Å²) in [7, 11) is -3.69. The molecule has 3 aromatic heterocycles. The Labute approximate surface area is 180 Å². The van der Waals surface area contributed by atoms with Crippen molar-refractivity contribution in [3.63, 3.8) is 0 Å². The summed E-state index contributed by atoms with van der Waals surface area (Å²) in [6.07, 6.45) is -3.35. The van der Waals surface area contributed by atoms with E-state index in [0.29, 0.717) is 16.3 Å². The fourth-order valence-corrected chi connectivity index (χ4v) is 4.22. The molecule has 0 bridgehead atoms. The van der Waals surface area contributed by atoms with Crippen LogP contribution in [0.15, 0.2) is 59.6 Å². The number of hydrogen-bond donors (Lipinski definition) is 0. The molecule has 0 spiro atoms. The summed E-state index contributed by atoms with van der Waals surface area (Å²) in [5.41, 5.74) is 0.0603. The zero-order chi connectivity index (χ0) is 22.4. The smallest absolute Gasteiger partial charge is 0.245 e. The van der Waals surface area contributed by atoms with Gasteiger partial charge in [-0.3, -0.25) is 0 Å². The topological polar surface area (TPSA) is 77.2 Å². The molecule has 0 aliphatic carbocycles. The van der Waals surface area contributed by atoms with Crippen molar-refractivity contribution in [1.82, 2.24) is 19.6 Å². The summed E-state index contributed by atoms with van der Waals surface area (Å²) in [5, 5.41) is 3.93. The quantitative estimate of drug-likeness (QED) is 0.426.